The Bertz CT molecular complexity index is 493. The number of carbonyl (C=O) groups is 1. The molecule has 0 aliphatic heterocycles. The molecule has 0 aromatic heterocycles. The standard InChI is InChI=1S/C16H21F3N2O/c17-16(18,19)13-7-5-11(6-8-13)9-15(22)21-14(10-20)12-3-1-2-4-12/h5-8,12,14H,1-4,9-10,20H2,(H,21,22). The fourth-order valence-electron chi connectivity index (χ4n) is 2.98. The minimum absolute atomic E-state index is 0.0375. The first kappa shape index (κ1) is 16.8. The van der Waals surface area contributed by atoms with Crippen LogP contribution < -0.4 is 11.1 Å². The minimum Gasteiger partial charge on any atom is -0.352 e. The summed E-state index contributed by atoms with van der Waals surface area (Å²) < 4.78 is 37.4. The maximum atomic E-state index is 12.5. The molecule has 1 atom stereocenters. The topological polar surface area (TPSA) is 55.1 Å². The second-order valence-electron chi connectivity index (χ2n) is 5.83. The normalized spacial score (nSPS) is 17.5. The van der Waals surface area contributed by atoms with E-state index in [1.165, 1.54) is 12.1 Å². The van der Waals surface area contributed by atoms with Crippen LogP contribution in [-0.4, -0.2) is 18.5 Å². The lowest BCUT2D eigenvalue weighted by Crippen LogP contribution is -2.45. The third kappa shape index (κ3) is 4.47. The minimum atomic E-state index is -4.35. The molecule has 0 spiro atoms. The molecule has 1 aromatic rings. The summed E-state index contributed by atoms with van der Waals surface area (Å²) in [6, 6.07) is 4.65. The number of rotatable bonds is 5. The van der Waals surface area contributed by atoms with E-state index in [1.807, 2.05) is 0 Å². The summed E-state index contributed by atoms with van der Waals surface area (Å²) in [4.78, 5) is 12.0. The SMILES string of the molecule is NCC(NC(=O)Cc1ccc(C(F)(F)F)cc1)C1CCCC1. The van der Waals surface area contributed by atoms with Crippen molar-refractivity contribution in [3.63, 3.8) is 0 Å². The molecule has 122 valence electrons. The molecule has 0 heterocycles. The predicted octanol–water partition coefficient (Wildman–Crippen LogP) is 2.88. The Hall–Kier alpha value is -1.56. The van der Waals surface area contributed by atoms with Crippen molar-refractivity contribution >= 4 is 5.91 Å². The summed E-state index contributed by atoms with van der Waals surface area (Å²) in [7, 11) is 0. The molecular formula is C16H21F3N2O. The molecule has 0 saturated heterocycles. The van der Waals surface area contributed by atoms with Crippen molar-refractivity contribution in [1.82, 2.24) is 5.32 Å². The molecule has 3 nitrogen and oxygen atoms in total. The van der Waals surface area contributed by atoms with Crippen LogP contribution in [0, 0.1) is 5.92 Å². The van der Waals surface area contributed by atoms with Crippen molar-refractivity contribution in [3.05, 3.63) is 35.4 Å². The average molecular weight is 314 g/mol. The Morgan fingerprint density at radius 1 is 1.23 bits per heavy atom. The van der Waals surface area contributed by atoms with E-state index in [-0.39, 0.29) is 18.4 Å². The Morgan fingerprint density at radius 2 is 1.82 bits per heavy atom. The third-order valence-corrected chi connectivity index (χ3v) is 4.22. The highest BCUT2D eigenvalue weighted by molar-refractivity contribution is 5.78. The first-order chi connectivity index (χ1) is 10.4. The number of benzene rings is 1. The van der Waals surface area contributed by atoms with Crippen LogP contribution in [0.25, 0.3) is 0 Å². The second-order valence-corrected chi connectivity index (χ2v) is 5.83. The van der Waals surface area contributed by atoms with E-state index >= 15 is 0 Å². The van der Waals surface area contributed by atoms with Crippen LogP contribution in [0.5, 0.6) is 0 Å². The van der Waals surface area contributed by atoms with Gasteiger partial charge in [-0.2, -0.15) is 13.2 Å². The molecule has 1 fully saturated rings. The number of hydrogen-bond acceptors (Lipinski definition) is 2. The summed E-state index contributed by atoms with van der Waals surface area (Å²) in [5.74, 6) is 0.226. The quantitative estimate of drug-likeness (QED) is 0.878. The van der Waals surface area contributed by atoms with Gasteiger partial charge in [-0.25, -0.2) is 0 Å². The molecule has 1 aliphatic carbocycles. The molecule has 22 heavy (non-hydrogen) atoms. The molecule has 0 bridgehead atoms. The number of nitrogens with one attached hydrogen (secondary N) is 1. The highest BCUT2D eigenvalue weighted by Gasteiger charge is 2.30. The van der Waals surface area contributed by atoms with Gasteiger partial charge in [0.15, 0.2) is 0 Å². The van der Waals surface area contributed by atoms with Gasteiger partial charge >= 0.3 is 6.18 Å². The molecule has 1 aromatic carbocycles. The van der Waals surface area contributed by atoms with Gasteiger partial charge in [-0.1, -0.05) is 25.0 Å². The van der Waals surface area contributed by atoms with Crippen molar-refractivity contribution < 1.29 is 18.0 Å². The molecular weight excluding hydrogens is 293 g/mol. The van der Waals surface area contributed by atoms with Gasteiger partial charge in [0.25, 0.3) is 0 Å². The van der Waals surface area contributed by atoms with E-state index in [1.54, 1.807) is 0 Å². The number of nitrogens with two attached hydrogens (primary N) is 1. The van der Waals surface area contributed by atoms with Gasteiger partial charge in [0.2, 0.25) is 5.91 Å². The third-order valence-electron chi connectivity index (χ3n) is 4.22. The Kier molecular flexibility index (Phi) is 5.45. The van der Waals surface area contributed by atoms with Crippen LogP contribution in [0.4, 0.5) is 13.2 Å². The lowest BCUT2D eigenvalue weighted by atomic mass is 9.98. The zero-order valence-corrected chi connectivity index (χ0v) is 12.3. The average Bonchev–Trinajstić information content (AvgIpc) is 2.98. The Balaban J connectivity index is 1.90. The largest absolute Gasteiger partial charge is 0.416 e. The molecule has 0 radical (unpaired) electrons. The van der Waals surface area contributed by atoms with Crippen LogP contribution in [0.15, 0.2) is 24.3 Å². The molecule has 3 N–H and O–H groups in total. The van der Waals surface area contributed by atoms with Crippen LogP contribution >= 0.6 is 0 Å². The molecule has 1 aliphatic rings. The van der Waals surface area contributed by atoms with Crippen LogP contribution in [0.2, 0.25) is 0 Å². The second kappa shape index (κ2) is 7.13. The van der Waals surface area contributed by atoms with Gasteiger partial charge in [0.1, 0.15) is 0 Å². The number of amides is 1. The monoisotopic (exact) mass is 314 g/mol. The summed E-state index contributed by atoms with van der Waals surface area (Å²) in [5.41, 5.74) is 5.58. The van der Waals surface area contributed by atoms with Crippen molar-refractivity contribution in [2.45, 2.75) is 44.3 Å². The Morgan fingerprint density at radius 3 is 2.32 bits per heavy atom. The van der Waals surface area contributed by atoms with Gasteiger partial charge in [0, 0.05) is 12.6 Å². The van der Waals surface area contributed by atoms with E-state index in [2.05, 4.69) is 5.32 Å². The van der Waals surface area contributed by atoms with Crippen molar-refractivity contribution in [3.8, 4) is 0 Å². The zero-order chi connectivity index (χ0) is 16.2. The van der Waals surface area contributed by atoms with Crippen molar-refractivity contribution in [1.29, 1.82) is 0 Å². The number of carbonyl (C=O) groups excluding carboxylic acids is 1. The van der Waals surface area contributed by atoms with Crippen LogP contribution in [0.1, 0.15) is 36.8 Å². The Labute approximate surface area is 128 Å². The molecule has 1 unspecified atom stereocenters. The van der Waals surface area contributed by atoms with Crippen LogP contribution in [0.3, 0.4) is 0 Å². The summed E-state index contributed by atoms with van der Waals surface area (Å²) in [5, 5.41) is 2.92. The maximum Gasteiger partial charge on any atom is 0.416 e. The van der Waals surface area contributed by atoms with E-state index in [9.17, 15) is 18.0 Å². The van der Waals surface area contributed by atoms with Gasteiger partial charge in [-0.05, 0) is 36.5 Å². The van der Waals surface area contributed by atoms with E-state index in [0.717, 1.165) is 37.8 Å². The number of alkyl halides is 3. The van der Waals surface area contributed by atoms with Crippen LogP contribution in [-0.2, 0) is 17.4 Å². The maximum absolute atomic E-state index is 12.5. The summed E-state index contributed by atoms with van der Waals surface area (Å²) in [6.45, 7) is 0.392. The number of halogens is 3. The fraction of sp³-hybridized carbons (Fsp3) is 0.562. The molecule has 1 saturated carbocycles. The van der Waals surface area contributed by atoms with Gasteiger partial charge in [-0.15, -0.1) is 0 Å². The lowest BCUT2D eigenvalue weighted by molar-refractivity contribution is -0.137. The smallest absolute Gasteiger partial charge is 0.352 e. The van der Waals surface area contributed by atoms with E-state index < -0.39 is 11.7 Å². The van der Waals surface area contributed by atoms with E-state index in [0.29, 0.717) is 18.0 Å². The highest BCUT2D eigenvalue weighted by Crippen LogP contribution is 2.29. The molecule has 1 amide bonds. The van der Waals surface area contributed by atoms with Crippen molar-refractivity contribution in [2.24, 2.45) is 11.7 Å². The fourth-order valence-corrected chi connectivity index (χ4v) is 2.98. The number of hydrogen-bond donors (Lipinski definition) is 2. The molecule has 6 heteroatoms. The highest BCUT2D eigenvalue weighted by atomic mass is 19.4. The summed E-state index contributed by atoms with van der Waals surface area (Å²) in [6.07, 6.45) is 0.187. The van der Waals surface area contributed by atoms with E-state index in [4.69, 9.17) is 5.73 Å². The van der Waals surface area contributed by atoms with Gasteiger partial charge in [-0.3, -0.25) is 4.79 Å². The lowest BCUT2D eigenvalue weighted by Gasteiger charge is -2.23. The summed E-state index contributed by atoms with van der Waals surface area (Å²) >= 11 is 0. The zero-order valence-electron chi connectivity index (χ0n) is 12.3. The molecule has 2 rings (SSSR count). The van der Waals surface area contributed by atoms with Crippen molar-refractivity contribution in [2.75, 3.05) is 6.54 Å². The van der Waals surface area contributed by atoms with Gasteiger partial charge in [0.05, 0.1) is 12.0 Å². The van der Waals surface area contributed by atoms with Gasteiger partial charge < -0.3 is 11.1 Å². The predicted molar refractivity (Wildman–Crippen MR) is 78.1 cm³/mol. The first-order valence-corrected chi connectivity index (χ1v) is 7.55. The first-order valence-electron chi connectivity index (χ1n) is 7.55.